The van der Waals surface area contributed by atoms with Crippen LogP contribution < -0.4 is 11.1 Å². The van der Waals surface area contributed by atoms with Crippen LogP contribution in [-0.4, -0.2) is 30.8 Å². The summed E-state index contributed by atoms with van der Waals surface area (Å²) in [7, 11) is 0. The molecule has 104 valence electrons. The zero-order valence-corrected chi connectivity index (χ0v) is 10.9. The first-order valence-electron chi connectivity index (χ1n) is 6.61. The molecule has 1 aromatic carbocycles. The van der Waals surface area contributed by atoms with E-state index >= 15 is 0 Å². The molecule has 0 amide bonds. The van der Waals surface area contributed by atoms with E-state index in [1.807, 2.05) is 0 Å². The molecule has 0 unspecified atom stereocenters. The maximum atomic E-state index is 11.0. The third-order valence-electron chi connectivity index (χ3n) is 3.11. The Morgan fingerprint density at radius 3 is 2.95 bits per heavy atom. The van der Waals surface area contributed by atoms with Gasteiger partial charge in [-0.2, -0.15) is 0 Å². The predicted octanol–water partition coefficient (Wildman–Crippen LogP) is 2.20. The highest BCUT2D eigenvalue weighted by molar-refractivity contribution is 5.95. The van der Waals surface area contributed by atoms with Crippen molar-refractivity contribution in [2.75, 3.05) is 30.8 Å². The minimum Gasteiger partial charge on any atom is -0.478 e. The lowest BCUT2D eigenvalue weighted by atomic mass is 10.1. The summed E-state index contributed by atoms with van der Waals surface area (Å²) in [5, 5.41) is 12.2. The molecule has 0 atom stereocenters. The quantitative estimate of drug-likeness (QED) is 0.495. The molecule has 0 aliphatic heterocycles. The molecule has 2 rings (SSSR count). The van der Waals surface area contributed by atoms with Crippen LogP contribution >= 0.6 is 0 Å². The molecule has 1 aliphatic carbocycles. The van der Waals surface area contributed by atoms with Gasteiger partial charge in [0.25, 0.3) is 0 Å². The molecule has 1 fully saturated rings. The van der Waals surface area contributed by atoms with Crippen molar-refractivity contribution in [3.05, 3.63) is 23.8 Å². The van der Waals surface area contributed by atoms with Crippen molar-refractivity contribution in [3.8, 4) is 0 Å². The van der Waals surface area contributed by atoms with Gasteiger partial charge in [-0.15, -0.1) is 0 Å². The number of hydrogen-bond donors (Lipinski definition) is 3. The van der Waals surface area contributed by atoms with E-state index in [9.17, 15) is 4.79 Å². The smallest absolute Gasteiger partial charge is 0.337 e. The zero-order chi connectivity index (χ0) is 13.7. The average Bonchev–Trinajstić information content (AvgIpc) is 3.17. The highest BCUT2D eigenvalue weighted by atomic mass is 16.5. The third-order valence-corrected chi connectivity index (χ3v) is 3.11. The third kappa shape index (κ3) is 4.44. The normalized spacial score (nSPS) is 14.3. The average molecular weight is 264 g/mol. The molecule has 0 spiro atoms. The predicted molar refractivity (Wildman–Crippen MR) is 74.5 cm³/mol. The number of hydrogen-bond acceptors (Lipinski definition) is 4. The highest BCUT2D eigenvalue weighted by Crippen LogP contribution is 2.28. The van der Waals surface area contributed by atoms with E-state index < -0.39 is 5.97 Å². The summed E-state index contributed by atoms with van der Waals surface area (Å²) in [6.45, 7) is 2.24. The van der Waals surface area contributed by atoms with Crippen molar-refractivity contribution in [2.45, 2.75) is 19.3 Å². The van der Waals surface area contributed by atoms with Gasteiger partial charge in [0.2, 0.25) is 0 Å². The number of carboxylic acids is 1. The van der Waals surface area contributed by atoms with E-state index in [0.717, 1.165) is 18.9 Å². The number of carbonyl (C=O) groups is 1. The van der Waals surface area contributed by atoms with Crippen molar-refractivity contribution in [1.82, 2.24) is 0 Å². The Bertz CT molecular complexity index is 444. The van der Waals surface area contributed by atoms with Crippen LogP contribution in [0, 0.1) is 5.92 Å². The lowest BCUT2D eigenvalue weighted by Gasteiger charge is -2.10. The van der Waals surface area contributed by atoms with Crippen LogP contribution in [0.4, 0.5) is 11.4 Å². The Balaban J connectivity index is 1.74. The number of nitrogens with two attached hydrogens (primary N) is 1. The van der Waals surface area contributed by atoms with Gasteiger partial charge >= 0.3 is 5.97 Å². The Morgan fingerprint density at radius 2 is 2.26 bits per heavy atom. The van der Waals surface area contributed by atoms with E-state index in [2.05, 4.69) is 5.32 Å². The van der Waals surface area contributed by atoms with Crippen molar-refractivity contribution in [3.63, 3.8) is 0 Å². The molecule has 1 saturated carbocycles. The van der Waals surface area contributed by atoms with E-state index in [0.29, 0.717) is 24.5 Å². The first-order valence-corrected chi connectivity index (χ1v) is 6.61. The fourth-order valence-electron chi connectivity index (χ4n) is 1.83. The maximum Gasteiger partial charge on any atom is 0.337 e. The number of rotatable bonds is 8. The van der Waals surface area contributed by atoms with Gasteiger partial charge in [0.1, 0.15) is 0 Å². The summed E-state index contributed by atoms with van der Waals surface area (Å²) in [4.78, 5) is 11.0. The maximum absolute atomic E-state index is 11.0. The monoisotopic (exact) mass is 264 g/mol. The van der Waals surface area contributed by atoms with Gasteiger partial charge in [0.05, 0.1) is 11.3 Å². The number of anilines is 2. The van der Waals surface area contributed by atoms with Crippen molar-refractivity contribution in [2.24, 2.45) is 5.92 Å². The van der Waals surface area contributed by atoms with Crippen LogP contribution in [0.2, 0.25) is 0 Å². The van der Waals surface area contributed by atoms with Gasteiger partial charge in [-0.25, -0.2) is 4.79 Å². The molecule has 0 radical (unpaired) electrons. The van der Waals surface area contributed by atoms with Gasteiger partial charge in [0, 0.05) is 25.4 Å². The van der Waals surface area contributed by atoms with Crippen LogP contribution in [0.3, 0.4) is 0 Å². The first kappa shape index (κ1) is 13.7. The van der Waals surface area contributed by atoms with Crippen LogP contribution in [0.5, 0.6) is 0 Å². The summed E-state index contributed by atoms with van der Waals surface area (Å²) in [6, 6.07) is 4.76. The van der Waals surface area contributed by atoms with Crippen molar-refractivity contribution in [1.29, 1.82) is 0 Å². The molecule has 19 heavy (non-hydrogen) atoms. The van der Waals surface area contributed by atoms with Crippen molar-refractivity contribution < 1.29 is 14.6 Å². The second-order valence-corrected chi connectivity index (χ2v) is 4.91. The molecule has 1 aromatic rings. The number of aromatic carboxylic acids is 1. The molecule has 5 heteroatoms. The SMILES string of the molecule is Nc1ccc(C(=O)O)c(NCCCOCC2CC2)c1. The van der Waals surface area contributed by atoms with Gasteiger partial charge in [-0.05, 0) is 43.4 Å². The molecule has 0 saturated heterocycles. The number of nitrogen functional groups attached to an aromatic ring is 1. The van der Waals surface area contributed by atoms with E-state index in [4.69, 9.17) is 15.6 Å². The van der Waals surface area contributed by atoms with Crippen LogP contribution in [0.25, 0.3) is 0 Å². The summed E-state index contributed by atoms with van der Waals surface area (Å²) >= 11 is 0. The second kappa shape index (κ2) is 6.43. The summed E-state index contributed by atoms with van der Waals surface area (Å²) in [6.07, 6.45) is 3.44. The van der Waals surface area contributed by atoms with E-state index in [1.165, 1.54) is 18.9 Å². The fraction of sp³-hybridized carbons (Fsp3) is 0.500. The van der Waals surface area contributed by atoms with Crippen LogP contribution in [0.15, 0.2) is 18.2 Å². The standard InChI is InChI=1S/C14H20N2O3/c15-11-4-5-12(14(17)18)13(8-11)16-6-1-7-19-9-10-2-3-10/h4-5,8,10,16H,1-3,6-7,9,15H2,(H,17,18). The largest absolute Gasteiger partial charge is 0.478 e. The molecular formula is C14H20N2O3. The van der Waals surface area contributed by atoms with Crippen molar-refractivity contribution >= 4 is 17.3 Å². The van der Waals surface area contributed by atoms with Gasteiger partial charge in [-0.3, -0.25) is 0 Å². The molecule has 0 bridgehead atoms. The molecule has 0 heterocycles. The lowest BCUT2D eigenvalue weighted by Crippen LogP contribution is -2.10. The van der Waals surface area contributed by atoms with Gasteiger partial charge in [0.15, 0.2) is 0 Å². The minimum absolute atomic E-state index is 0.244. The lowest BCUT2D eigenvalue weighted by molar-refractivity contribution is 0.0698. The summed E-state index contributed by atoms with van der Waals surface area (Å²) < 4.78 is 5.52. The van der Waals surface area contributed by atoms with Gasteiger partial charge < -0.3 is 20.9 Å². The second-order valence-electron chi connectivity index (χ2n) is 4.91. The first-order chi connectivity index (χ1) is 9.16. The summed E-state index contributed by atoms with van der Waals surface area (Å²) in [5.41, 5.74) is 7.02. The Hall–Kier alpha value is -1.75. The molecule has 1 aliphatic rings. The zero-order valence-electron chi connectivity index (χ0n) is 10.9. The Labute approximate surface area is 112 Å². The Kier molecular flexibility index (Phi) is 4.63. The number of ether oxygens (including phenoxy) is 1. The molecule has 0 aromatic heterocycles. The minimum atomic E-state index is -0.951. The van der Waals surface area contributed by atoms with E-state index in [-0.39, 0.29) is 5.56 Å². The molecule has 4 N–H and O–H groups in total. The summed E-state index contributed by atoms with van der Waals surface area (Å²) in [5.74, 6) is -0.173. The number of benzene rings is 1. The number of carboxylic acid groups (broad SMARTS) is 1. The highest BCUT2D eigenvalue weighted by Gasteiger charge is 2.20. The topological polar surface area (TPSA) is 84.6 Å². The van der Waals surface area contributed by atoms with Crippen LogP contribution in [-0.2, 0) is 4.74 Å². The van der Waals surface area contributed by atoms with Crippen LogP contribution in [0.1, 0.15) is 29.6 Å². The Morgan fingerprint density at radius 1 is 1.47 bits per heavy atom. The number of nitrogens with one attached hydrogen (secondary N) is 1. The van der Waals surface area contributed by atoms with E-state index in [1.54, 1.807) is 12.1 Å². The van der Waals surface area contributed by atoms with Gasteiger partial charge in [-0.1, -0.05) is 0 Å². The fourth-order valence-corrected chi connectivity index (χ4v) is 1.83. The molecular weight excluding hydrogens is 244 g/mol. The molecule has 5 nitrogen and oxygen atoms in total.